The molecule has 0 atom stereocenters. The van der Waals surface area contributed by atoms with Crippen LogP contribution in [0.1, 0.15) is 24.2 Å². The highest BCUT2D eigenvalue weighted by Crippen LogP contribution is 2.39. The van der Waals surface area contributed by atoms with Crippen molar-refractivity contribution >= 4 is 22.3 Å². The number of nitro groups is 2. The van der Waals surface area contributed by atoms with Gasteiger partial charge in [-0.25, -0.2) is 0 Å². The van der Waals surface area contributed by atoms with Gasteiger partial charge in [0.15, 0.2) is 0 Å². The van der Waals surface area contributed by atoms with Crippen LogP contribution < -0.4 is 0 Å². The summed E-state index contributed by atoms with van der Waals surface area (Å²) in [5.74, 6) is 0.727. The molecule has 0 aliphatic heterocycles. The molecule has 0 radical (unpaired) electrons. The molecule has 7 nitrogen and oxygen atoms in total. The summed E-state index contributed by atoms with van der Waals surface area (Å²) in [5.41, 5.74) is 0.525. The van der Waals surface area contributed by atoms with E-state index in [-0.39, 0.29) is 17.0 Å². The van der Waals surface area contributed by atoms with E-state index in [1.54, 1.807) is 0 Å². The molecular weight excluding hydrogens is 252 g/mol. The quantitative estimate of drug-likeness (QED) is 0.611. The molecule has 0 unspecified atom stereocenters. The summed E-state index contributed by atoms with van der Waals surface area (Å²) in [6.07, 6.45) is 3.38. The Labute approximate surface area is 107 Å². The zero-order valence-electron chi connectivity index (χ0n) is 9.92. The van der Waals surface area contributed by atoms with E-state index in [2.05, 4.69) is 0 Å². The van der Waals surface area contributed by atoms with Gasteiger partial charge >= 0.3 is 0 Å². The summed E-state index contributed by atoms with van der Waals surface area (Å²) in [6, 6.07) is 2.27. The lowest BCUT2D eigenvalue weighted by atomic mass is 9.95. The Bertz CT molecular complexity index is 704. The molecule has 0 N–H and O–H groups in total. The van der Waals surface area contributed by atoms with Crippen LogP contribution in [0.3, 0.4) is 0 Å². The number of non-ortho nitro benzene ring substituents is 2. The summed E-state index contributed by atoms with van der Waals surface area (Å²) >= 11 is 0. The van der Waals surface area contributed by atoms with Crippen LogP contribution in [0.15, 0.2) is 16.5 Å². The van der Waals surface area contributed by atoms with Crippen molar-refractivity contribution in [2.75, 3.05) is 0 Å². The van der Waals surface area contributed by atoms with E-state index >= 15 is 0 Å². The Morgan fingerprint density at radius 3 is 2.47 bits per heavy atom. The third-order valence-corrected chi connectivity index (χ3v) is 3.43. The molecular formula is C12H10N2O5. The third kappa shape index (κ3) is 1.74. The van der Waals surface area contributed by atoms with Gasteiger partial charge < -0.3 is 4.42 Å². The number of hydrogen-bond donors (Lipinski definition) is 0. The molecule has 1 aromatic heterocycles. The third-order valence-electron chi connectivity index (χ3n) is 3.43. The fraction of sp³-hybridized carbons (Fsp3) is 0.333. The highest BCUT2D eigenvalue weighted by Gasteiger charge is 2.28. The van der Waals surface area contributed by atoms with Gasteiger partial charge in [0.05, 0.1) is 22.0 Å². The molecule has 2 aromatic rings. The second kappa shape index (κ2) is 4.04. The van der Waals surface area contributed by atoms with E-state index in [4.69, 9.17) is 4.42 Å². The number of nitro benzene ring substituents is 2. The van der Waals surface area contributed by atoms with Crippen LogP contribution in [0.2, 0.25) is 0 Å². The minimum absolute atomic E-state index is 0.240. The molecule has 98 valence electrons. The number of nitrogens with zero attached hydrogens (tertiary/aromatic N) is 2. The largest absolute Gasteiger partial charge is 0.460 e. The van der Waals surface area contributed by atoms with Crippen LogP contribution in [-0.4, -0.2) is 9.85 Å². The molecule has 0 bridgehead atoms. The van der Waals surface area contributed by atoms with Gasteiger partial charge in [0.25, 0.3) is 11.4 Å². The van der Waals surface area contributed by atoms with E-state index in [9.17, 15) is 20.2 Å². The van der Waals surface area contributed by atoms with Gasteiger partial charge in [0.2, 0.25) is 0 Å². The lowest BCUT2D eigenvalue weighted by Gasteiger charge is -2.08. The highest BCUT2D eigenvalue weighted by molar-refractivity contribution is 5.93. The summed E-state index contributed by atoms with van der Waals surface area (Å²) < 4.78 is 5.56. The molecule has 3 rings (SSSR count). The lowest BCUT2D eigenvalue weighted by Crippen LogP contribution is -2.00. The minimum atomic E-state index is -0.645. The van der Waals surface area contributed by atoms with E-state index in [0.29, 0.717) is 5.39 Å². The Morgan fingerprint density at radius 2 is 1.79 bits per heavy atom. The Kier molecular flexibility index (Phi) is 2.48. The number of benzene rings is 1. The van der Waals surface area contributed by atoms with Crippen molar-refractivity contribution in [3.8, 4) is 0 Å². The number of fused-ring (bicyclic) bond motifs is 3. The molecule has 1 heterocycles. The Balaban J connectivity index is 2.36. The molecule has 19 heavy (non-hydrogen) atoms. The smallest absolute Gasteiger partial charge is 0.287 e. The zero-order valence-corrected chi connectivity index (χ0v) is 9.92. The average Bonchev–Trinajstić information content (AvgIpc) is 2.75. The predicted octanol–water partition coefficient (Wildman–Crippen LogP) is 3.13. The predicted molar refractivity (Wildman–Crippen MR) is 66.2 cm³/mol. The van der Waals surface area contributed by atoms with Gasteiger partial charge in [-0.15, -0.1) is 0 Å². The van der Waals surface area contributed by atoms with Gasteiger partial charge in [0, 0.05) is 12.0 Å². The van der Waals surface area contributed by atoms with Gasteiger partial charge in [-0.1, -0.05) is 0 Å². The number of furan rings is 1. The van der Waals surface area contributed by atoms with Crippen LogP contribution >= 0.6 is 0 Å². The standard InChI is InChI=1S/C12H10N2O5/c15-13(16)7-5-9(14(17)18)12-8-3-1-2-4-10(8)19-11(12)6-7/h5-6H,1-4H2. The highest BCUT2D eigenvalue weighted by atomic mass is 16.6. The van der Waals surface area contributed by atoms with Crippen molar-refractivity contribution in [2.24, 2.45) is 0 Å². The fourth-order valence-corrected chi connectivity index (χ4v) is 2.61. The van der Waals surface area contributed by atoms with Crippen LogP contribution in [0.4, 0.5) is 11.4 Å². The van der Waals surface area contributed by atoms with E-state index in [1.807, 2.05) is 0 Å². The summed E-state index contributed by atoms with van der Waals surface area (Å²) in [5, 5.41) is 22.3. The molecule has 1 aromatic carbocycles. The van der Waals surface area contributed by atoms with Gasteiger partial charge in [-0.2, -0.15) is 0 Å². The van der Waals surface area contributed by atoms with E-state index < -0.39 is 9.85 Å². The molecule has 0 spiro atoms. The maximum absolute atomic E-state index is 11.1. The first-order valence-corrected chi connectivity index (χ1v) is 5.95. The first kappa shape index (κ1) is 11.6. The topological polar surface area (TPSA) is 99.4 Å². The maximum Gasteiger partial charge on any atom is 0.287 e. The molecule has 0 saturated carbocycles. The summed E-state index contributed by atoms with van der Waals surface area (Å²) in [6.45, 7) is 0. The zero-order chi connectivity index (χ0) is 13.6. The molecule has 0 fully saturated rings. The summed E-state index contributed by atoms with van der Waals surface area (Å²) in [7, 11) is 0. The minimum Gasteiger partial charge on any atom is -0.460 e. The summed E-state index contributed by atoms with van der Waals surface area (Å²) in [4.78, 5) is 20.7. The molecule has 0 amide bonds. The Morgan fingerprint density at radius 1 is 1.05 bits per heavy atom. The molecule has 1 aliphatic carbocycles. The van der Waals surface area contributed by atoms with Crippen molar-refractivity contribution in [3.63, 3.8) is 0 Å². The SMILES string of the molecule is O=[N+]([O-])c1cc([N+](=O)[O-])c2c3c(oc2c1)CCCC3. The van der Waals surface area contributed by atoms with Crippen molar-refractivity contribution < 1.29 is 14.3 Å². The van der Waals surface area contributed by atoms with Gasteiger partial charge in [-0.3, -0.25) is 20.2 Å². The molecule has 0 saturated heterocycles. The molecule has 1 aliphatic rings. The monoisotopic (exact) mass is 262 g/mol. The first-order chi connectivity index (χ1) is 9.08. The van der Waals surface area contributed by atoms with Crippen LogP contribution in [0.5, 0.6) is 0 Å². The van der Waals surface area contributed by atoms with Gasteiger partial charge in [-0.05, 0) is 19.3 Å². The fourth-order valence-electron chi connectivity index (χ4n) is 2.61. The molecule has 7 heteroatoms. The second-order valence-electron chi connectivity index (χ2n) is 4.56. The van der Waals surface area contributed by atoms with Crippen LogP contribution in [0, 0.1) is 20.2 Å². The number of aryl methyl sites for hydroxylation is 2. The van der Waals surface area contributed by atoms with E-state index in [1.165, 1.54) is 6.07 Å². The van der Waals surface area contributed by atoms with Crippen molar-refractivity contribution in [1.82, 2.24) is 0 Å². The second-order valence-corrected chi connectivity index (χ2v) is 4.56. The Hall–Kier alpha value is -2.44. The normalized spacial score (nSPS) is 14.3. The van der Waals surface area contributed by atoms with Crippen molar-refractivity contribution in [1.29, 1.82) is 0 Å². The van der Waals surface area contributed by atoms with Crippen molar-refractivity contribution in [3.05, 3.63) is 43.7 Å². The van der Waals surface area contributed by atoms with E-state index in [0.717, 1.165) is 43.1 Å². The maximum atomic E-state index is 11.1. The average molecular weight is 262 g/mol. The van der Waals surface area contributed by atoms with Crippen LogP contribution in [0.25, 0.3) is 11.0 Å². The first-order valence-electron chi connectivity index (χ1n) is 5.95. The number of rotatable bonds is 2. The van der Waals surface area contributed by atoms with Crippen molar-refractivity contribution in [2.45, 2.75) is 25.7 Å². The lowest BCUT2D eigenvalue weighted by molar-refractivity contribution is -0.393. The van der Waals surface area contributed by atoms with Crippen LogP contribution in [-0.2, 0) is 12.8 Å². The number of hydrogen-bond acceptors (Lipinski definition) is 5. The van der Waals surface area contributed by atoms with Gasteiger partial charge in [0.1, 0.15) is 16.7 Å².